The standard InChI is InChI=1S/C28H51N3O4/c1-11-19(4)23(18-20(5)27(34)35-13-3)30(10)26(33)24(28(7,8)9)29-25(32)22-16-14-15-17-31(22)21(6)12-2/h18-19,21-24H,11-17H2,1-10H3,(H,29,32)/b20-18+/t19-,21?,22?,23+,24?/m0/s1. The van der Waals surface area contributed by atoms with E-state index in [0.717, 1.165) is 38.6 Å². The number of carbonyl (C=O) groups excluding carboxylic acids is 3. The average molecular weight is 494 g/mol. The first kappa shape index (κ1) is 31.1. The zero-order valence-corrected chi connectivity index (χ0v) is 23.9. The van der Waals surface area contributed by atoms with Gasteiger partial charge in [0.05, 0.1) is 18.7 Å². The molecule has 0 aromatic rings. The molecule has 1 aliphatic heterocycles. The lowest BCUT2D eigenvalue weighted by atomic mass is 9.84. The molecule has 1 fully saturated rings. The molecule has 1 aliphatic rings. The van der Waals surface area contributed by atoms with Gasteiger partial charge in [-0.3, -0.25) is 14.5 Å². The lowest BCUT2D eigenvalue weighted by Crippen LogP contribution is -2.60. The molecule has 0 bridgehead atoms. The molecule has 3 unspecified atom stereocenters. The Bertz CT molecular complexity index is 743. The molecule has 202 valence electrons. The van der Waals surface area contributed by atoms with Crippen molar-refractivity contribution in [3.05, 3.63) is 11.6 Å². The van der Waals surface area contributed by atoms with E-state index in [1.54, 1.807) is 25.8 Å². The Labute approximate surface area is 214 Å². The van der Waals surface area contributed by atoms with Crippen LogP contribution in [0.2, 0.25) is 0 Å². The lowest BCUT2D eigenvalue weighted by molar-refractivity contribution is -0.142. The van der Waals surface area contributed by atoms with E-state index in [0.29, 0.717) is 18.2 Å². The van der Waals surface area contributed by atoms with Crippen molar-refractivity contribution in [2.45, 2.75) is 119 Å². The number of piperidine rings is 1. The smallest absolute Gasteiger partial charge is 0.333 e. The summed E-state index contributed by atoms with van der Waals surface area (Å²) in [7, 11) is 1.77. The number of ether oxygens (including phenoxy) is 1. The number of carbonyl (C=O) groups is 3. The number of nitrogens with zero attached hydrogens (tertiary/aromatic N) is 2. The Kier molecular flexibility index (Phi) is 12.5. The van der Waals surface area contributed by atoms with Crippen LogP contribution in [0.25, 0.3) is 0 Å². The van der Waals surface area contributed by atoms with Crippen molar-refractivity contribution >= 4 is 17.8 Å². The van der Waals surface area contributed by atoms with Crippen LogP contribution in [-0.2, 0) is 19.1 Å². The Hall–Kier alpha value is -1.89. The fourth-order valence-electron chi connectivity index (χ4n) is 4.70. The monoisotopic (exact) mass is 493 g/mol. The van der Waals surface area contributed by atoms with Gasteiger partial charge in [-0.1, -0.05) is 60.5 Å². The third kappa shape index (κ3) is 8.62. The quantitative estimate of drug-likeness (QED) is 0.337. The molecule has 2 amide bonds. The minimum Gasteiger partial charge on any atom is -0.463 e. The molecular formula is C28H51N3O4. The van der Waals surface area contributed by atoms with Crippen LogP contribution >= 0.6 is 0 Å². The van der Waals surface area contributed by atoms with E-state index in [-0.39, 0.29) is 35.8 Å². The SMILES string of the molecule is CCOC(=O)/C(C)=C/[C@H]([C@@H](C)CC)N(C)C(=O)C(NC(=O)C1CCCCN1C(C)CC)C(C)(C)C. The molecule has 0 aliphatic carbocycles. The van der Waals surface area contributed by atoms with E-state index >= 15 is 0 Å². The highest BCUT2D eigenvalue weighted by atomic mass is 16.5. The number of likely N-dealkylation sites (N-methyl/N-ethyl adjacent to an activating group) is 1. The highest BCUT2D eigenvalue weighted by Gasteiger charge is 2.40. The molecule has 0 saturated carbocycles. The van der Waals surface area contributed by atoms with Gasteiger partial charge in [0.1, 0.15) is 6.04 Å². The second-order valence-electron chi connectivity index (χ2n) is 11.2. The summed E-state index contributed by atoms with van der Waals surface area (Å²) in [5, 5.41) is 3.14. The zero-order chi connectivity index (χ0) is 26.9. The molecule has 35 heavy (non-hydrogen) atoms. The summed E-state index contributed by atoms with van der Waals surface area (Å²) < 4.78 is 5.15. The van der Waals surface area contributed by atoms with Crippen molar-refractivity contribution in [2.24, 2.45) is 11.3 Å². The van der Waals surface area contributed by atoms with Crippen LogP contribution < -0.4 is 5.32 Å². The second-order valence-corrected chi connectivity index (χ2v) is 11.2. The highest BCUT2D eigenvalue weighted by molar-refractivity contribution is 5.91. The highest BCUT2D eigenvalue weighted by Crippen LogP contribution is 2.26. The van der Waals surface area contributed by atoms with Crippen molar-refractivity contribution in [2.75, 3.05) is 20.2 Å². The molecule has 0 spiro atoms. The summed E-state index contributed by atoms with van der Waals surface area (Å²) >= 11 is 0. The summed E-state index contributed by atoms with van der Waals surface area (Å²) in [6, 6.07) is -0.852. The maximum atomic E-state index is 13.9. The summed E-state index contributed by atoms with van der Waals surface area (Å²) in [5.41, 5.74) is 0.0103. The predicted molar refractivity (Wildman–Crippen MR) is 142 cm³/mol. The molecule has 5 atom stereocenters. The van der Waals surface area contributed by atoms with Gasteiger partial charge in [-0.15, -0.1) is 0 Å². The Morgan fingerprint density at radius 2 is 1.74 bits per heavy atom. The predicted octanol–water partition coefficient (Wildman–Crippen LogP) is 4.55. The van der Waals surface area contributed by atoms with Crippen molar-refractivity contribution in [3.8, 4) is 0 Å². The summed E-state index contributed by atoms with van der Waals surface area (Å²) in [6.45, 7) is 19.1. The summed E-state index contributed by atoms with van der Waals surface area (Å²) in [6.07, 6.45) is 6.59. The number of hydrogen-bond donors (Lipinski definition) is 1. The van der Waals surface area contributed by atoms with Gasteiger partial charge >= 0.3 is 5.97 Å². The van der Waals surface area contributed by atoms with E-state index in [1.807, 2.05) is 26.8 Å². The topological polar surface area (TPSA) is 79.0 Å². The molecule has 7 nitrogen and oxygen atoms in total. The van der Waals surface area contributed by atoms with Gasteiger partial charge in [-0.05, 0) is 57.9 Å². The van der Waals surface area contributed by atoms with Crippen molar-refractivity contribution < 1.29 is 19.1 Å². The maximum absolute atomic E-state index is 13.9. The van der Waals surface area contributed by atoms with Gasteiger partial charge in [0.15, 0.2) is 0 Å². The average Bonchev–Trinajstić information content (AvgIpc) is 2.82. The number of esters is 1. The minimum atomic E-state index is -0.677. The molecule has 1 N–H and O–H groups in total. The van der Waals surface area contributed by atoms with Gasteiger partial charge < -0.3 is 15.0 Å². The Balaban J connectivity index is 3.22. The van der Waals surface area contributed by atoms with Gasteiger partial charge in [0.25, 0.3) is 0 Å². The van der Waals surface area contributed by atoms with E-state index in [1.165, 1.54) is 0 Å². The summed E-state index contributed by atoms with van der Waals surface area (Å²) in [4.78, 5) is 43.6. The zero-order valence-electron chi connectivity index (χ0n) is 23.9. The van der Waals surface area contributed by atoms with Gasteiger partial charge in [-0.25, -0.2) is 4.79 Å². The maximum Gasteiger partial charge on any atom is 0.333 e. The van der Waals surface area contributed by atoms with Crippen molar-refractivity contribution in [3.63, 3.8) is 0 Å². The van der Waals surface area contributed by atoms with Crippen LogP contribution in [0.5, 0.6) is 0 Å². The molecule has 0 radical (unpaired) electrons. The van der Waals surface area contributed by atoms with Crippen LogP contribution in [0.1, 0.15) is 94.4 Å². The first-order chi connectivity index (χ1) is 16.3. The van der Waals surface area contributed by atoms with E-state index in [2.05, 4.69) is 37.9 Å². The third-order valence-electron chi connectivity index (χ3n) is 7.44. The number of hydrogen-bond acceptors (Lipinski definition) is 5. The Morgan fingerprint density at radius 1 is 1.11 bits per heavy atom. The Morgan fingerprint density at radius 3 is 2.26 bits per heavy atom. The van der Waals surface area contributed by atoms with Gasteiger partial charge in [-0.2, -0.15) is 0 Å². The summed E-state index contributed by atoms with van der Waals surface area (Å²) in [5.74, 6) is -0.450. The van der Waals surface area contributed by atoms with E-state index in [9.17, 15) is 14.4 Å². The van der Waals surface area contributed by atoms with Gasteiger partial charge in [0.2, 0.25) is 11.8 Å². The first-order valence-corrected chi connectivity index (χ1v) is 13.5. The van der Waals surface area contributed by atoms with Gasteiger partial charge in [0, 0.05) is 18.7 Å². The van der Waals surface area contributed by atoms with Crippen LogP contribution in [0.3, 0.4) is 0 Å². The second kappa shape index (κ2) is 14.0. The molecule has 1 heterocycles. The normalized spacial score (nSPS) is 21.0. The molecule has 1 rings (SSSR count). The number of nitrogens with one attached hydrogen (secondary N) is 1. The van der Waals surface area contributed by atoms with Crippen molar-refractivity contribution in [1.82, 2.24) is 15.1 Å². The molecule has 0 aromatic heterocycles. The fraction of sp³-hybridized carbons (Fsp3) is 0.821. The number of rotatable bonds is 11. The van der Waals surface area contributed by atoms with E-state index in [4.69, 9.17) is 4.74 Å². The first-order valence-electron chi connectivity index (χ1n) is 13.5. The fourth-order valence-corrected chi connectivity index (χ4v) is 4.70. The van der Waals surface area contributed by atoms with Crippen molar-refractivity contribution in [1.29, 1.82) is 0 Å². The van der Waals surface area contributed by atoms with Crippen LogP contribution in [0.15, 0.2) is 11.6 Å². The largest absolute Gasteiger partial charge is 0.463 e. The number of likely N-dealkylation sites (tertiary alicyclic amines) is 1. The van der Waals surface area contributed by atoms with Crippen LogP contribution in [-0.4, -0.2) is 72.0 Å². The molecule has 7 heteroatoms. The van der Waals surface area contributed by atoms with Crippen LogP contribution in [0.4, 0.5) is 0 Å². The van der Waals surface area contributed by atoms with Crippen LogP contribution in [0, 0.1) is 11.3 Å². The van der Waals surface area contributed by atoms with E-state index < -0.39 is 11.5 Å². The molecule has 1 saturated heterocycles. The third-order valence-corrected chi connectivity index (χ3v) is 7.44. The molecular weight excluding hydrogens is 442 g/mol. The number of amides is 2. The minimum absolute atomic E-state index is 0.0648. The molecule has 0 aromatic carbocycles. The lowest BCUT2D eigenvalue weighted by Gasteiger charge is -2.41.